The lowest BCUT2D eigenvalue weighted by molar-refractivity contribution is 0.0527. The Morgan fingerprint density at radius 3 is 2.32 bits per heavy atom. The maximum Gasteiger partial charge on any atom is 0.348 e. The second-order valence-corrected chi connectivity index (χ2v) is 7.06. The van der Waals surface area contributed by atoms with Gasteiger partial charge in [0.2, 0.25) is 0 Å². The molecule has 1 aromatic carbocycles. The van der Waals surface area contributed by atoms with E-state index in [4.69, 9.17) is 21.7 Å². The van der Waals surface area contributed by atoms with Gasteiger partial charge in [-0.15, -0.1) is 11.3 Å². The lowest BCUT2D eigenvalue weighted by Gasteiger charge is -2.11. The van der Waals surface area contributed by atoms with Crippen molar-refractivity contribution in [1.29, 1.82) is 0 Å². The molecule has 0 aliphatic rings. The van der Waals surface area contributed by atoms with E-state index in [-0.39, 0.29) is 29.7 Å². The predicted octanol–water partition coefficient (Wildman–Crippen LogP) is 4.04. The molecule has 0 unspecified atom stereocenters. The second kappa shape index (κ2) is 10.1. The van der Waals surface area contributed by atoms with E-state index in [9.17, 15) is 14.0 Å². The van der Waals surface area contributed by atoms with Gasteiger partial charge in [0.05, 0.1) is 18.8 Å². The van der Waals surface area contributed by atoms with Crippen LogP contribution in [0.5, 0.6) is 0 Å². The van der Waals surface area contributed by atoms with Gasteiger partial charge in [0.15, 0.2) is 5.11 Å². The van der Waals surface area contributed by atoms with E-state index in [0.29, 0.717) is 22.0 Å². The average molecular weight is 425 g/mol. The number of nitrogens with one attached hydrogen (secondary N) is 2. The first-order valence-electron chi connectivity index (χ1n) is 8.64. The predicted molar refractivity (Wildman–Crippen MR) is 110 cm³/mol. The molecule has 0 bridgehead atoms. The van der Waals surface area contributed by atoms with Crippen LogP contribution in [-0.2, 0) is 16.0 Å². The molecule has 2 aromatic rings. The van der Waals surface area contributed by atoms with Gasteiger partial charge in [-0.05, 0) is 56.2 Å². The lowest BCUT2D eigenvalue weighted by Crippen LogP contribution is -2.28. The van der Waals surface area contributed by atoms with Crippen LogP contribution in [0.3, 0.4) is 0 Å². The topological polar surface area (TPSA) is 76.7 Å². The molecule has 0 saturated heterocycles. The van der Waals surface area contributed by atoms with Gasteiger partial charge in [0.1, 0.15) is 15.7 Å². The Bertz CT molecular complexity index is 866. The molecule has 6 nitrogen and oxygen atoms in total. The highest BCUT2D eigenvalue weighted by Gasteiger charge is 2.26. The molecular weight excluding hydrogens is 403 g/mol. The van der Waals surface area contributed by atoms with Gasteiger partial charge >= 0.3 is 11.9 Å². The highest BCUT2D eigenvalue weighted by Crippen LogP contribution is 2.34. The Balaban J connectivity index is 2.18. The molecule has 1 aromatic heterocycles. The van der Waals surface area contributed by atoms with Crippen molar-refractivity contribution in [3.63, 3.8) is 0 Å². The fraction of sp³-hybridized carbons (Fsp3) is 0.316. The zero-order valence-electron chi connectivity index (χ0n) is 15.8. The highest BCUT2D eigenvalue weighted by atomic mass is 32.1. The van der Waals surface area contributed by atoms with E-state index in [1.807, 2.05) is 0 Å². The van der Waals surface area contributed by atoms with Crippen LogP contribution in [0.25, 0.3) is 0 Å². The third kappa shape index (κ3) is 5.49. The van der Waals surface area contributed by atoms with Gasteiger partial charge in [-0.1, -0.05) is 12.1 Å². The Kier molecular flexibility index (Phi) is 7.89. The molecule has 0 fully saturated rings. The maximum atomic E-state index is 13.0. The van der Waals surface area contributed by atoms with Crippen molar-refractivity contribution in [2.24, 2.45) is 0 Å². The van der Waals surface area contributed by atoms with E-state index in [1.165, 1.54) is 12.1 Å². The van der Waals surface area contributed by atoms with Crippen molar-refractivity contribution in [3.05, 3.63) is 51.7 Å². The number of benzene rings is 1. The minimum absolute atomic E-state index is 0.204. The summed E-state index contributed by atoms with van der Waals surface area (Å²) < 4.78 is 23.1. The monoisotopic (exact) mass is 424 g/mol. The zero-order valence-corrected chi connectivity index (χ0v) is 17.4. The highest BCUT2D eigenvalue weighted by molar-refractivity contribution is 7.80. The summed E-state index contributed by atoms with van der Waals surface area (Å²) in [5, 5.41) is 6.59. The third-order valence-corrected chi connectivity index (χ3v) is 5.11. The number of thiocarbonyl (C=S) groups is 1. The number of halogens is 1. The van der Waals surface area contributed by atoms with Crippen molar-refractivity contribution in [2.75, 3.05) is 18.5 Å². The zero-order chi connectivity index (χ0) is 20.7. The summed E-state index contributed by atoms with van der Waals surface area (Å²) in [6.07, 6.45) is 0. The molecule has 0 saturated carbocycles. The first-order chi connectivity index (χ1) is 13.4. The molecule has 2 rings (SSSR count). The van der Waals surface area contributed by atoms with Gasteiger partial charge in [-0.3, -0.25) is 0 Å². The Morgan fingerprint density at radius 2 is 1.71 bits per heavy atom. The molecule has 0 amide bonds. The second-order valence-electron chi connectivity index (χ2n) is 5.64. The van der Waals surface area contributed by atoms with Crippen molar-refractivity contribution in [2.45, 2.75) is 27.3 Å². The number of hydrogen-bond donors (Lipinski definition) is 2. The first-order valence-corrected chi connectivity index (χ1v) is 9.86. The summed E-state index contributed by atoms with van der Waals surface area (Å²) in [4.78, 5) is 24.8. The van der Waals surface area contributed by atoms with E-state index in [2.05, 4.69) is 10.6 Å². The van der Waals surface area contributed by atoms with E-state index in [1.54, 1.807) is 32.9 Å². The minimum Gasteiger partial charge on any atom is -0.462 e. The standard InChI is InChI=1S/C19H21FN2O4S2/c1-4-25-17(23)14-11(3)15(18(24)26-5-2)28-16(14)22-19(27)21-10-12-6-8-13(20)9-7-12/h6-9H,4-5,10H2,1-3H3,(H2,21,22,27). The fourth-order valence-corrected chi connectivity index (χ4v) is 3.71. The summed E-state index contributed by atoms with van der Waals surface area (Å²) in [7, 11) is 0. The summed E-state index contributed by atoms with van der Waals surface area (Å²) in [6.45, 7) is 5.88. The average Bonchev–Trinajstić information content (AvgIpc) is 2.97. The normalized spacial score (nSPS) is 10.3. The smallest absolute Gasteiger partial charge is 0.348 e. The molecule has 0 aliphatic carbocycles. The molecule has 0 spiro atoms. The van der Waals surface area contributed by atoms with Crippen LogP contribution in [-0.4, -0.2) is 30.3 Å². The van der Waals surface area contributed by atoms with Gasteiger partial charge in [0.25, 0.3) is 0 Å². The Labute approximate surface area is 172 Å². The summed E-state index contributed by atoms with van der Waals surface area (Å²) in [5.41, 5.74) is 1.57. The minimum atomic E-state index is -0.546. The Hall–Kier alpha value is -2.52. The van der Waals surface area contributed by atoms with Gasteiger partial charge in [0, 0.05) is 6.54 Å². The number of anilines is 1. The van der Waals surface area contributed by atoms with Crippen LogP contribution >= 0.6 is 23.6 Å². The van der Waals surface area contributed by atoms with Crippen LogP contribution in [0.4, 0.5) is 9.39 Å². The molecule has 28 heavy (non-hydrogen) atoms. The van der Waals surface area contributed by atoms with Gasteiger partial charge in [-0.2, -0.15) is 0 Å². The van der Waals surface area contributed by atoms with E-state index in [0.717, 1.165) is 16.9 Å². The maximum absolute atomic E-state index is 13.0. The molecule has 0 radical (unpaired) electrons. The van der Waals surface area contributed by atoms with Gasteiger partial charge < -0.3 is 20.1 Å². The summed E-state index contributed by atoms with van der Waals surface area (Å²) in [5.74, 6) is -1.37. The summed E-state index contributed by atoms with van der Waals surface area (Å²) in [6, 6.07) is 6.01. The fourth-order valence-electron chi connectivity index (χ4n) is 2.37. The summed E-state index contributed by atoms with van der Waals surface area (Å²) >= 11 is 6.36. The number of rotatable bonds is 7. The molecule has 0 atom stereocenters. The van der Waals surface area contributed by atoms with Crippen LogP contribution < -0.4 is 10.6 Å². The van der Waals surface area contributed by atoms with Crippen molar-refractivity contribution >= 4 is 45.6 Å². The molecular formula is C19H21FN2O4S2. The molecule has 0 aliphatic heterocycles. The third-order valence-electron chi connectivity index (χ3n) is 3.68. The van der Waals surface area contributed by atoms with Crippen molar-refractivity contribution in [1.82, 2.24) is 5.32 Å². The molecule has 2 N–H and O–H groups in total. The quantitative estimate of drug-likeness (QED) is 0.513. The van der Waals surface area contributed by atoms with Crippen LogP contribution in [0.1, 0.15) is 45.0 Å². The molecule has 150 valence electrons. The number of carbonyl (C=O) groups excluding carboxylic acids is 2. The number of carbonyl (C=O) groups is 2. The Morgan fingerprint density at radius 1 is 1.11 bits per heavy atom. The number of esters is 2. The number of ether oxygens (including phenoxy) is 2. The lowest BCUT2D eigenvalue weighted by atomic mass is 10.1. The van der Waals surface area contributed by atoms with Crippen LogP contribution in [0.2, 0.25) is 0 Å². The number of thiophene rings is 1. The first kappa shape index (κ1) is 21.8. The molecule has 1 heterocycles. The SMILES string of the molecule is CCOC(=O)c1sc(NC(=S)NCc2ccc(F)cc2)c(C(=O)OCC)c1C. The largest absolute Gasteiger partial charge is 0.462 e. The molecule has 9 heteroatoms. The van der Waals surface area contributed by atoms with Crippen LogP contribution in [0, 0.1) is 12.7 Å². The van der Waals surface area contributed by atoms with Crippen molar-refractivity contribution < 1.29 is 23.5 Å². The van der Waals surface area contributed by atoms with E-state index < -0.39 is 11.9 Å². The van der Waals surface area contributed by atoms with Crippen molar-refractivity contribution in [3.8, 4) is 0 Å². The van der Waals surface area contributed by atoms with Crippen LogP contribution in [0.15, 0.2) is 24.3 Å². The van der Waals surface area contributed by atoms with E-state index >= 15 is 0 Å². The van der Waals surface area contributed by atoms with Gasteiger partial charge in [-0.25, -0.2) is 14.0 Å². The number of hydrogen-bond acceptors (Lipinski definition) is 6.